The third-order valence-electron chi connectivity index (χ3n) is 3.64. The summed E-state index contributed by atoms with van der Waals surface area (Å²) in [6, 6.07) is 5.38. The third-order valence-corrected chi connectivity index (χ3v) is 3.64. The molecule has 0 fully saturated rings. The van der Waals surface area contributed by atoms with Crippen LogP contribution in [0.5, 0.6) is 0 Å². The molecule has 0 spiro atoms. The first-order valence-electron chi connectivity index (χ1n) is 8.22. The van der Waals surface area contributed by atoms with Crippen molar-refractivity contribution in [2.24, 2.45) is 7.05 Å². The molecular formula is C19H20FN3O4. The van der Waals surface area contributed by atoms with Crippen LogP contribution in [0.3, 0.4) is 0 Å². The normalized spacial score (nSPS) is 10.1. The summed E-state index contributed by atoms with van der Waals surface area (Å²) in [4.78, 5) is 24.3. The van der Waals surface area contributed by atoms with Gasteiger partial charge in [-0.15, -0.1) is 0 Å². The molecule has 2 rings (SSSR count). The molecule has 1 aromatic heterocycles. The Kier molecular flexibility index (Phi) is 7.11. The van der Waals surface area contributed by atoms with Gasteiger partial charge in [-0.25, -0.2) is 4.39 Å². The maximum atomic E-state index is 14.3. The fraction of sp³-hybridized carbons (Fsp3) is 0.263. The minimum absolute atomic E-state index is 0.0601. The van der Waals surface area contributed by atoms with Gasteiger partial charge in [0.1, 0.15) is 12.4 Å². The Morgan fingerprint density at radius 1 is 1.26 bits per heavy atom. The second-order valence-corrected chi connectivity index (χ2v) is 5.66. The molecule has 1 heterocycles. The number of aromatic nitrogens is 1. The van der Waals surface area contributed by atoms with Crippen LogP contribution >= 0.6 is 0 Å². The van der Waals surface area contributed by atoms with Crippen LogP contribution in [0.15, 0.2) is 35.3 Å². The smallest absolute Gasteiger partial charge is 0.254 e. The van der Waals surface area contributed by atoms with Crippen molar-refractivity contribution in [2.45, 2.75) is 6.42 Å². The van der Waals surface area contributed by atoms with Gasteiger partial charge in [-0.1, -0.05) is 11.8 Å². The minimum atomic E-state index is -0.618. The van der Waals surface area contributed by atoms with Crippen LogP contribution in [0.25, 0.3) is 0 Å². The van der Waals surface area contributed by atoms with Crippen molar-refractivity contribution in [3.05, 3.63) is 57.8 Å². The Hall–Kier alpha value is -3.15. The topological polar surface area (TPSA) is 104 Å². The Morgan fingerprint density at radius 2 is 2.04 bits per heavy atom. The summed E-state index contributed by atoms with van der Waals surface area (Å²) < 4.78 is 15.6. The molecule has 0 radical (unpaired) electrons. The minimum Gasteiger partial charge on any atom is -0.396 e. The quantitative estimate of drug-likeness (QED) is 0.441. The zero-order valence-corrected chi connectivity index (χ0v) is 14.8. The molecule has 0 aliphatic rings. The van der Waals surface area contributed by atoms with Gasteiger partial charge in [0.25, 0.3) is 11.5 Å². The molecule has 142 valence electrons. The maximum absolute atomic E-state index is 14.3. The maximum Gasteiger partial charge on any atom is 0.254 e. The van der Waals surface area contributed by atoms with Crippen LogP contribution in [0.2, 0.25) is 0 Å². The number of carbonyl (C=O) groups excluding carboxylic acids is 1. The molecule has 7 nitrogen and oxygen atoms in total. The standard InChI is InChI=1S/C19H20FN3O4/c1-23-12-14(19(27)21-7-3-9-25)17(11-18(23)26)22-16-6-5-13(4-2-8-24)10-15(16)20/h5-6,10-12,22,24-25H,3,7-9H2,1H3,(H,21,27). The molecule has 0 aliphatic carbocycles. The first-order valence-corrected chi connectivity index (χ1v) is 8.22. The fourth-order valence-corrected chi connectivity index (χ4v) is 2.27. The number of anilines is 2. The summed E-state index contributed by atoms with van der Waals surface area (Å²) in [5, 5.41) is 22.9. The molecule has 0 saturated carbocycles. The van der Waals surface area contributed by atoms with E-state index in [1.165, 1.54) is 36.0 Å². The molecule has 8 heteroatoms. The van der Waals surface area contributed by atoms with Gasteiger partial charge >= 0.3 is 0 Å². The van der Waals surface area contributed by atoms with E-state index in [4.69, 9.17) is 10.2 Å². The lowest BCUT2D eigenvalue weighted by atomic mass is 10.1. The Labute approximate surface area is 155 Å². The number of nitrogens with zero attached hydrogens (tertiary/aromatic N) is 1. The van der Waals surface area contributed by atoms with Crippen LogP contribution in [-0.2, 0) is 7.05 Å². The highest BCUT2D eigenvalue weighted by Crippen LogP contribution is 2.23. The molecule has 2 aromatic rings. The van der Waals surface area contributed by atoms with Crippen molar-refractivity contribution in [3.8, 4) is 11.8 Å². The molecule has 1 aromatic carbocycles. The first kappa shape index (κ1) is 20.2. The molecule has 0 saturated heterocycles. The Bertz CT molecular complexity index is 944. The highest BCUT2D eigenvalue weighted by atomic mass is 19.1. The number of aliphatic hydroxyl groups excluding tert-OH is 2. The average molecular weight is 373 g/mol. The monoisotopic (exact) mass is 373 g/mol. The van der Waals surface area contributed by atoms with E-state index >= 15 is 0 Å². The number of halogens is 1. The van der Waals surface area contributed by atoms with Crippen LogP contribution in [0.4, 0.5) is 15.8 Å². The van der Waals surface area contributed by atoms with E-state index in [1.54, 1.807) is 6.07 Å². The van der Waals surface area contributed by atoms with E-state index in [0.717, 1.165) is 0 Å². The van der Waals surface area contributed by atoms with Gasteiger partial charge in [-0.2, -0.15) is 0 Å². The van der Waals surface area contributed by atoms with E-state index in [-0.39, 0.29) is 42.3 Å². The van der Waals surface area contributed by atoms with Gasteiger partial charge in [-0.05, 0) is 24.6 Å². The van der Waals surface area contributed by atoms with Crippen molar-refractivity contribution in [1.29, 1.82) is 0 Å². The van der Waals surface area contributed by atoms with E-state index in [2.05, 4.69) is 22.5 Å². The van der Waals surface area contributed by atoms with E-state index < -0.39 is 11.7 Å². The SMILES string of the molecule is Cn1cc(C(=O)NCCCO)c(Nc2ccc(C#CCO)cc2F)cc1=O. The Morgan fingerprint density at radius 3 is 2.70 bits per heavy atom. The number of rotatable bonds is 6. The molecule has 0 aliphatic heterocycles. The van der Waals surface area contributed by atoms with Crippen molar-refractivity contribution >= 4 is 17.3 Å². The number of nitrogens with one attached hydrogen (secondary N) is 2. The van der Waals surface area contributed by atoms with Gasteiger partial charge in [0, 0.05) is 38.0 Å². The lowest BCUT2D eigenvalue weighted by Gasteiger charge is -2.14. The number of benzene rings is 1. The van der Waals surface area contributed by atoms with Gasteiger partial charge < -0.3 is 25.4 Å². The van der Waals surface area contributed by atoms with Gasteiger partial charge in [-0.3, -0.25) is 9.59 Å². The summed E-state index contributed by atoms with van der Waals surface area (Å²) in [5.74, 6) is 3.95. The number of aliphatic hydroxyl groups is 2. The first-order chi connectivity index (χ1) is 13.0. The molecule has 1 amide bonds. The number of aryl methyl sites for hydroxylation is 1. The highest BCUT2D eigenvalue weighted by molar-refractivity contribution is 6.00. The summed E-state index contributed by atoms with van der Waals surface area (Å²) in [6.45, 7) is -0.122. The van der Waals surface area contributed by atoms with Crippen molar-refractivity contribution < 1.29 is 19.4 Å². The lowest BCUT2D eigenvalue weighted by molar-refractivity contribution is 0.0951. The second-order valence-electron chi connectivity index (χ2n) is 5.66. The number of hydrogen-bond donors (Lipinski definition) is 4. The molecular weight excluding hydrogens is 353 g/mol. The van der Waals surface area contributed by atoms with Crippen molar-refractivity contribution in [1.82, 2.24) is 9.88 Å². The van der Waals surface area contributed by atoms with Gasteiger partial charge in [0.2, 0.25) is 0 Å². The summed E-state index contributed by atoms with van der Waals surface area (Å²) in [7, 11) is 1.51. The van der Waals surface area contributed by atoms with Crippen LogP contribution in [0.1, 0.15) is 22.3 Å². The highest BCUT2D eigenvalue weighted by Gasteiger charge is 2.15. The summed E-state index contributed by atoms with van der Waals surface area (Å²) in [6.07, 6.45) is 1.75. The molecule has 4 N–H and O–H groups in total. The summed E-state index contributed by atoms with van der Waals surface area (Å²) in [5.41, 5.74) is 0.418. The third kappa shape index (κ3) is 5.41. The molecule has 0 unspecified atom stereocenters. The van der Waals surface area contributed by atoms with Crippen molar-refractivity contribution in [3.63, 3.8) is 0 Å². The zero-order chi connectivity index (χ0) is 19.8. The van der Waals surface area contributed by atoms with E-state index in [1.807, 2.05) is 0 Å². The number of carbonyl (C=O) groups is 1. The Balaban J connectivity index is 2.33. The molecule has 0 atom stereocenters. The summed E-state index contributed by atoms with van der Waals surface area (Å²) >= 11 is 0. The zero-order valence-electron chi connectivity index (χ0n) is 14.8. The van der Waals surface area contributed by atoms with Crippen LogP contribution < -0.4 is 16.2 Å². The number of amides is 1. The fourth-order valence-electron chi connectivity index (χ4n) is 2.27. The second kappa shape index (κ2) is 9.52. The van der Waals surface area contributed by atoms with Crippen LogP contribution in [0, 0.1) is 17.7 Å². The predicted molar refractivity (Wildman–Crippen MR) is 99.4 cm³/mol. The van der Waals surface area contributed by atoms with E-state index in [0.29, 0.717) is 12.0 Å². The van der Waals surface area contributed by atoms with Gasteiger partial charge in [0.15, 0.2) is 0 Å². The van der Waals surface area contributed by atoms with Gasteiger partial charge in [0.05, 0.1) is 16.9 Å². The molecule has 0 bridgehead atoms. The molecule has 27 heavy (non-hydrogen) atoms. The number of pyridine rings is 1. The number of hydrogen-bond acceptors (Lipinski definition) is 5. The average Bonchev–Trinajstić information content (AvgIpc) is 2.64. The predicted octanol–water partition coefficient (Wildman–Crippen LogP) is 0.724. The lowest BCUT2D eigenvalue weighted by Crippen LogP contribution is -2.28. The largest absolute Gasteiger partial charge is 0.396 e. The van der Waals surface area contributed by atoms with Crippen LogP contribution in [-0.4, -0.2) is 40.4 Å². The van der Waals surface area contributed by atoms with E-state index in [9.17, 15) is 14.0 Å². The van der Waals surface area contributed by atoms with Crippen molar-refractivity contribution in [2.75, 3.05) is 25.1 Å².